The molecule has 114 valence electrons. The van der Waals surface area contributed by atoms with Crippen molar-refractivity contribution < 1.29 is 0 Å². The molecule has 3 aromatic rings. The molecule has 0 spiro atoms. The third kappa shape index (κ3) is 3.99. The van der Waals surface area contributed by atoms with E-state index in [9.17, 15) is 0 Å². The van der Waals surface area contributed by atoms with Crippen LogP contribution in [0.15, 0.2) is 76.8 Å². The van der Waals surface area contributed by atoms with Crippen molar-refractivity contribution in [1.82, 2.24) is 4.98 Å². The molecule has 1 aromatic heterocycles. The Balaban J connectivity index is 1.83. The second-order valence-corrected chi connectivity index (χ2v) is 6.13. The van der Waals surface area contributed by atoms with E-state index in [0.717, 1.165) is 32.7 Å². The molecule has 0 bridgehead atoms. The molecule has 0 fully saturated rings. The molecule has 0 aliphatic rings. The second kappa shape index (κ2) is 7.11. The topological polar surface area (TPSA) is 37.6 Å². The number of hydrogen-bond donors (Lipinski definition) is 0. The first-order chi connectivity index (χ1) is 11.2. The highest BCUT2D eigenvalue weighted by Crippen LogP contribution is 2.20. The molecule has 2 aromatic carbocycles. The van der Waals surface area contributed by atoms with Crippen LogP contribution < -0.4 is 0 Å². The predicted molar refractivity (Wildman–Crippen MR) is 98.7 cm³/mol. The minimum Gasteiger partial charge on any atom is -0.252 e. The Kier molecular flexibility index (Phi) is 4.74. The highest BCUT2D eigenvalue weighted by atomic mass is 32.1. The molecular formula is C19H17N3S. The Morgan fingerprint density at radius 2 is 1.30 bits per heavy atom. The molecule has 0 atom stereocenters. The molecule has 1 heterocycles. The van der Waals surface area contributed by atoms with E-state index in [1.165, 1.54) is 0 Å². The first-order valence-electron chi connectivity index (χ1n) is 7.39. The van der Waals surface area contributed by atoms with Gasteiger partial charge in [-0.2, -0.15) is 0 Å². The molecule has 0 aliphatic carbocycles. The van der Waals surface area contributed by atoms with Crippen molar-refractivity contribution in [2.45, 2.75) is 13.8 Å². The number of benzene rings is 2. The van der Waals surface area contributed by atoms with Gasteiger partial charge < -0.3 is 0 Å². The van der Waals surface area contributed by atoms with Gasteiger partial charge in [0.25, 0.3) is 0 Å². The third-order valence-corrected chi connectivity index (χ3v) is 4.49. The normalized spacial score (nSPS) is 12.4. The summed E-state index contributed by atoms with van der Waals surface area (Å²) in [5, 5.41) is 0.923. The van der Waals surface area contributed by atoms with Gasteiger partial charge in [-0.15, -0.1) is 11.3 Å². The molecule has 0 unspecified atom stereocenters. The van der Waals surface area contributed by atoms with Crippen molar-refractivity contribution in [1.29, 1.82) is 0 Å². The summed E-state index contributed by atoms with van der Waals surface area (Å²) in [6.45, 7) is 3.99. The zero-order chi connectivity index (χ0) is 16.1. The van der Waals surface area contributed by atoms with Crippen molar-refractivity contribution in [3.63, 3.8) is 0 Å². The summed E-state index contributed by atoms with van der Waals surface area (Å²) < 4.78 is 0. The summed E-state index contributed by atoms with van der Waals surface area (Å²) in [6, 6.07) is 19.9. The summed E-state index contributed by atoms with van der Waals surface area (Å²) in [7, 11) is 0. The van der Waals surface area contributed by atoms with Crippen LogP contribution in [-0.4, -0.2) is 16.4 Å². The minimum atomic E-state index is 0.917. The summed E-state index contributed by atoms with van der Waals surface area (Å²) in [6.07, 6.45) is 1.87. The predicted octanol–water partition coefficient (Wildman–Crippen LogP) is 5.42. The van der Waals surface area contributed by atoms with Gasteiger partial charge in [0.1, 0.15) is 5.01 Å². The Hall–Kier alpha value is -2.59. The van der Waals surface area contributed by atoms with E-state index in [1.807, 2.05) is 80.7 Å². The highest BCUT2D eigenvalue weighted by Gasteiger charge is 2.07. The zero-order valence-electron chi connectivity index (χ0n) is 13.1. The molecule has 0 saturated heterocycles. The second-order valence-electron chi connectivity index (χ2n) is 5.10. The number of rotatable bonds is 4. The van der Waals surface area contributed by atoms with E-state index in [1.54, 1.807) is 11.3 Å². The van der Waals surface area contributed by atoms with Crippen molar-refractivity contribution >= 4 is 34.1 Å². The average Bonchev–Trinajstić information content (AvgIpc) is 3.07. The van der Waals surface area contributed by atoms with Crippen LogP contribution in [0.1, 0.15) is 23.7 Å². The van der Waals surface area contributed by atoms with Gasteiger partial charge >= 0.3 is 0 Å². The highest BCUT2D eigenvalue weighted by molar-refractivity contribution is 7.15. The Morgan fingerprint density at radius 3 is 1.87 bits per heavy atom. The van der Waals surface area contributed by atoms with Gasteiger partial charge in [0.15, 0.2) is 0 Å². The third-order valence-electron chi connectivity index (χ3n) is 3.28. The van der Waals surface area contributed by atoms with Crippen LogP contribution in [0, 0.1) is 0 Å². The molecule has 0 N–H and O–H groups in total. The largest absolute Gasteiger partial charge is 0.252 e. The van der Waals surface area contributed by atoms with Crippen LogP contribution in [0.2, 0.25) is 0 Å². The van der Waals surface area contributed by atoms with Crippen LogP contribution in [0.25, 0.3) is 0 Å². The number of hydrogen-bond acceptors (Lipinski definition) is 4. The fourth-order valence-electron chi connectivity index (χ4n) is 2.10. The number of nitrogens with zero attached hydrogens (tertiary/aromatic N) is 3. The van der Waals surface area contributed by atoms with Crippen molar-refractivity contribution in [2.24, 2.45) is 9.98 Å². The lowest BCUT2D eigenvalue weighted by atomic mass is 10.3. The standard InChI is InChI=1S/C19H17N3S/c1-14(21-16-9-5-3-6-10-16)18-13-20-19(23-18)15(2)22-17-11-7-4-8-12-17/h3-13H,1-2H3. The van der Waals surface area contributed by atoms with Crippen LogP contribution in [0.3, 0.4) is 0 Å². The van der Waals surface area contributed by atoms with Crippen LogP contribution in [0.5, 0.6) is 0 Å². The smallest absolute Gasteiger partial charge is 0.137 e. The van der Waals surface area contributed by atoms with E-state index in [4.69, 9.17) is 0 Å². The van der Waals surface area contributed by atoms with E-state index < -0.39 is 0 Å². The van der Waals surface area contributed by atoms with Gasteiger partial charge in [0.05, 0.1) is 27.7 Å². The Morgan fingerprint density at radius 1 is 0.783 bits per heavy atom. The van der Waals surface area contributed by atoms with E-state index in [0.29, 0.717) is 0 Å². The lowest BCUT2D eigenvalue weighted by Gasteiger charge is -1.97. The zero-order valence-corrected chi connectivity index (χ0v) is 13.9. The van der Waals surface area contributed by atoms with Crippen LogP contribution >= 0.6 is 11.3 Å². The summed E-state index contributed by atoms with van der Waals surface area (Å²) >= 11 is 1.61. The van der Waals surface area contributed by atoms with Gasteiger partial charge in [-0.3, -0.25) is 9.98 Å². The number of aliphatic imine (C=N–C) groups is 2. The van der Waals surface area contributed by atoms with Crippen molar-refractivity contribution in [3.8, 4) is 0 Å². The maximum Gasteiger partial charge on any atom is 0.137 e. The molecule has 4 heteroatoms. The van der Waals surface area contributed by atoms with E-state index >= 15 is 0 Å². The van der Waals surface area contributed by atoms with Gasteiger partial charge in [-0.25, -0.2) is 4.98 Å². The molecule has 0 amide bonds. The molecule has 23 heavy (non-hydrogen) atoms. The van der Waals surface area contributed by atoms with Gasteiger partial charge in [0.2, 0.25) is 0 Å². The van der Waals surface area contributed by atoms with E-state index in [2.05, 4.69) is 15.0 Å². The van der Waals surface area contributed by atoms with Crippen LogP contribution in [-0.2, 0) is 0 Å². The lowest BCUT2D eigenvalue weighted by Crippen LogP contribution is -1.91. The quantitative estimate of drug-likeness (QED) is 0.591. The minimum absolute atomic E-state index is 0.917. The van der Waals surface area contributed by atoms with Crippen LogP contribution in [0.4, 0.5) is 11.4 Å². The average molecular weight is 319 g/mol. The first-order valence-corrected chi connectivity index (χ1v) is 8.21. The fourth-order valence-corrected chi connectivity index (χ4v) is 2.91. The Labute approximate surface area is 140 Å². The SMILES string of the molecule is CC(=Nc1ccccc1)c1cnc(C(C)=Nc2ccccc2)s1. The maximum absolute atomic E-state index is 4.63. The maximum atomic E-state index is 4.63. The number of para-hydroxylation sites is 2. The summed E-state index contributed by atoms with van der Waals surface area (Å²) in [4.78, 5) is 14.8. The molecule has 0 radical (unpaired) electrons. The number of thiazole rings is 1. The monoisotopic (exact) mass is 319 g/mol. The molecule has 3 rings (SSSR count). The lowest BCUT2D eigenvalue weighted by molar-refractivity contribution is 1.36. The van der Waals surface area contributed by atoms with Gasteiger partial charge in [-0.1, -0.05) is 36.4 Å². The van der Waals surface area contributed by atoms with Gasteiger partial charge in [0, 0.05) is 6.20 Å². The van der Waals surface area contributed by atoms with Gasteiger partial charge in [-0.05, 0) is 38.1 Å². The number of aromatic nitrogens is 1. The van der Waals surface area contributed by atoms with E-state index in [-0.39, 0.29) is 0 Å². The molecular weight excluding hydrogens is 302 g/mol. The Bertz CT molecular complexity index is 763. The van der Waals surface area contributed by atoms with Crippen molar-refractivity contribution in [3.05, 3.63) is 76.7 Å². The fraction of sp³-hybridized carbons (Fsp3) is 0.105. The van der Waals surface area contributed by atoms with Crippen molar-refractivity contribution in [2.75, 3.05) is 0 Å². The summed E-state index contributed by atoms with van der Waals surface area (Å²) in [5.41, 5.74) is 3.78. The summed E-state index contributed by atoms with van der Waals surface area (Å²) in [5.74, 6) is 0. The molecule has 3 nitrogen and oxygen atoms in total. The molecule has 0 aliphatic heterocycles. The first kappa shape index (κ1) is 15.3. The molecule has 0 saturated carbocycles.